The molecule has 0 saturated heterocycles. The highest BCUT2D eigenvalue weighted by Crippen LogP contribution is 2.40. The van der Waals surface area contributed by atoms with Crippen LogP contribution in [-0.2, 0) is 6.54 Å². The number of fused-ring (bicyclic) bond motifs is 2. The van der Waals surface area contributed by atoms with Crippen LogP contribution in [0.25, 0.3) is 11.0 Å². The summed E-state index contributed by atoms with van der Waals surface area (Å²) in [6.45, 7) is 0.272. The molecular weight excluding hydrogens is 350 g/mol. The van der Waals surface area contributed by atoms with Gasteiger partial charge in [-0.15, -0.1) is 11.3 Å². The lowest BCUT2D eigenvalue weighted by atomic mass is 10.0. The number of nitrogens with zero attached hydrogens (tertiary/aromatic N) is 1. The summed E-state index contributed by atoms with van der Waals surface area (Å²) in [5.74, 6) is 0.487. The van der Waals surface area contributed by atoms with E-state index in [0.29, 0.717) is 22.3 Å². The highest BCUT2D eigenvalue weighted by atomic mass is 32.1. The molecule has 0 spiro atoms. The Hall–Kier alpha value is -3.12. The van der Waals surface area contributed by atoms with E-state index in [1.807, 2.05) is 23.6 Å². The Morgan fingerprint density at radius 2 is 1.92 bits per heavy atom. The number of benzene rings is 1. The maximum Gasteiger partial charge on any atom is 0.291 e. The summed E-state index contributed by atoms with van der Waals surface area (Å²) in [6.07, 6.45) is 1.57. The van der Waals surface area contributed by atoms with Crippen LogP contribution >= 0.6 is 11.3 Å². The Labute approximate surface area is 152 Å². The molecule has 0 aliphatic carbocycles. The smallest absolute Gasteiger partial charge is 0.291 e. The molecule has 4 heterocycles. The van der Waals surface area contributed by atoms with Gasteiger partial charge in [-0.05, 0) is 35.7 Å². The molecule has 0 saturated carbocycles. The van der Waals surface area contributed by atoms with Gasteiger partial charge in [0.05, 0.1) is 23.8 Å². The molecule has 1 atom stereocenters. The second kappa shape index (κ2) is 5.71. The highest BCUT2D eigenvalue weighted by Gasteiger charge is 2.43. The van der Waals surface area contributed by atoms with Crippen molar-refractivity contribution < 1.29 is 13.6 Å². The average molecular weight is 363 g/mol. The number of carbonyl (C=O) groups excluding carboxylic acids is 1. The van der Waals surface area contributed by atoms with Crippen molar-refractivity contribution in [2.75, 3.05) is 0 Å². The largest absolute Gasteiger partial charge is 0.467 e. The fraction of sp³-hybridized carbons (Fsp3) is 0.100. The number of thiophene rings is 1. The number of amides is 1. The van der Waals surface area contributed by atoms with Crippen LogP contribution in [0.4, 0.5) is 0 Å². The van der Waals surface area contributed by atoms with E-state index in [0.717, 1.165) is 4.88 Å². The lowest BCUT2D eigenvalue weighted by molar-refractivity contribution is 0.0703. The number of hydrogen-bond donors (Lipinski definition) is 0. The second-order valence-electron chi connectivity index (χ2n) is 6.10. The zero-order chi connectivity index (χ0) is 17.7. The van der Waals surface area contributed by atoms with Crippen LogP contribution in [0.15, 0.2) is 73.8 Å². The number of rotatable bonds is 3. The van der Waals surface area contributed by atoms with Crippen LogP contribution in [-0.4, -0.2) is 10.8 Å². The van der Waals surface area contributed by atoms with Crippen molar-refractivity contribution >= 4 is 28.2 Å². The molecular formula is C20H13NO4S. The zero-order valence-electron chi connectivity index (χ0n) is 13.5. The minimum Gasteiger partial charge on any atom is -0.467 e. The average Bonchev–Trinajstić information content (AvgIpc) is 3.39. The Morgan fingerprint density at radius 3 is 2.69 bits per heavy atom. The third-order valence-electron chi connectivity index (χ3n) is 4.59. The fourth-order valence-corrected chi connectivity index (χ4v) is 4.29. The summed E-state index contributed by atoms with van der Waals surface area (Å²) in [6, 6.07) is 14.0. The normalized spacial score (nSPS) is 16.4. The van der Waals surface area contributed by atoms with Crippen molar-refractivity contribution in [1.82, 2.24) is 4.90 Å². The molecule has 26 heavy (non-hydrogen) atoms. The lowest BCUT2D eigenvalue weighted by Crippen LogP contribution is -2.28. The Morgan fingerprint density at radius 1 is 1.04 bits per heavy atom. The minimum atomic E-state index is -0.469. The molecule has 5 nitrogen and oxygen atoms in total. The molecule has 1 aliphatic heterocycles. The predicted molar refractivity (Wildman–Crippen MR) is 97.2 cm³/mol. The first kappa shape index (κ1) is 15.2. The van der Waals surface area contributed by atoms with Crippen LogP contribution < -0.4 is 5.43 Å². The van der Waals surface area contributed by atoms with Crippen molar-refractivity contribution in [3.05, 3.63) is 92.4 Å². The standard InChI is InChI=1S/C20H13NO4S/c22-18-13-6-1-2-7-14(13)25-19-16(18)17(15-8-4-10-26-15)21(20(19)23)11-12-5-3-9-24-12/h1-10,17H,11H2. The first-order valence-electron chi connectivity index (χ1n) is 8.16. The molecule has 1 aromatic carbocycles. The molecule has 5 rings (SSSR count). The predicted octanol–water partition coefficient (Wildman–Crippen LogP) is 4.19. The summed E-state index contributed by atoms with van der Waals surface area (Å²) in [5, 5.41) is 2.42. The second-order valence-corrected chi connectivity index (χ2v) is 7.08. The van der Waals surface area contributed by atoms with Crippen LogP contribution in [0, 0.1) is 0 Å². The van der Waals surface area contributed by atoms with Gasteiger partial charge in [-0.25, -0.2) is 0 Å². The molecule has 1 unspecified atom stereocenters. The van der Waals surface area contributed by atoms with Crippen LogP contribution in [0.1, 0.15) is 32.8 Å². The first-order valence-corrected chi connectivity index (χ1v) is 9.04. The molecule has 0 radical (unpaired) electrons. The van der Waals surface area contributed by atoms with E-state index in [1.165, 1.54) is 11.3 Å². The topological polar surface area (TPSA) is 63.7 Å². The van der Waals surface area contributed by atoms with Crippen LogP contribution in [0.3, 0.4) is 0 Å². The quantitative estimate of drug-likeness (QED) is 0.547. The molecule has 0 fully saturated rings. The van der Waals surface area contributed by atoms with Gasteiger partial charge in [0, 0.05) is 4.88 Å². The van der Waals surface area contributed by atoms with Gasteiger partial charge in [-0.1, -0.05) is 18.2 Å². The van der Waals surface area contributed by atoms with Gasteiger partial charge in [0.2, 0.25) is 5.76 Å². The summed E-state index contributed by atoms with van der Waals surface area (Å²) in [7, 11) is 0. The highest BCUT2D eigenvalue weighted by molar-refractivity contribution is 7.10. The minimum absolute atomic E-state index is 0.124. The molecule has 1 amide bonds. The molecule has 3 aromatic heterocycles. The third-order valence-corrected chi connectivity index (χ3v) is 5.52. The SMILES string of the molecule is O=C1c2oc3ccccc3c(=O)c2C(c2cccs2)N1Cc1ccco1. The van der Waals surface area contributed by atoms with E-state index in [-0.39, 0.29) is 23.6 Å². The Kier molecular flexibility index (Phi) is 3.33. The van der Waals surface area contributed by atoms with Gasteiger partial charge in [0.1, 0.15) is 17.4 Å². The van der Waals surface area contributed by atoms with E-state index in [2.05, 4.69) is 0 Å². The van der Waals surface area contributed by atoms with Gasteiger partial charge < -0.3 is 13.7 Å². The first-order chi connectivity index (χ1) is 12.7. The monoisotopic (exact) mass is 363 g/mol. The van der Waals surface area contributed by atoms with Gasteiger partial charge >= 0.3 is 0 Å². The van der Waals surface area contributed by atoms with Crippen LogP contribution in [0.5, 0.6) is 0 Å². The zero-order valence-corrected chi connectivity index (χ0v) is 14.4. The summed E-state index contributed by atoms with van der Waals surface area (Å²) < 4.78 is 11.3. The summed E-state index contributed by atoms with van der Waals surface area (Å²) >= 11 is 1.51. The summed E-state index contributed by atoms with van der Waals surface area (Å²) in [4.78, 5) is 28.8. The maximum absolute atomic E-state index is 13.2. The fourth-order valence-electron chi connectivity index (χ4n) is 3.44. The number of hydrogen-bond acceptors (Lipinski definition) is 5. The summed E-state index contributed by atoms with van der Waals surface area (Å²) in [5.41, 5.74) is 0.674. The number of para-hydroxylation sites is 1. The lowest BCUT2D eigenvalue weighted by Gasteiger charge is -2.22. The van der Waals surface area contributed by atoms with Crippen molar-refractivity contribution in [3.8, 4) is 0 Å². The Bertz CT molecular complexity index is 1160. The van der Waals surface area contributed by atoms with E-state index in [9.17, 15) is 9.59 Å². The van der Waals surface area contributed by atoms with Crippen molar-refractivity contribution in [2.24, 2.45) is 0 Å². The maximum atomic E-state index is 13.2. The van der Waals surface area contributed by atoms with Gasteiger partial charge in [0.25, 0.3) is 5.91 Å². The van der Waals surface area contributed by atoms with Crippen molar-refractivity contribution in [1.29, 1.82) is 0 Å². The third kappa shape index (κ3) is 2.16. The van der Waals surface area contributed by atoms with Gasteiger partial charge in [-0.2, -0.15) is 0 Å². The van der Waals surface area contributed by atoms with Gasteiger partial charge in [-0.3, -0.25) is 9.59 Å². The van der Waals surface area contributed by atoms with Crippen LogP contribution in [0.2, 0.25) is 0 Å². The van der Waals surface area contributed by atoms with E-state index in [4.69, 9.17) is 8.83 Å². The van der Waals surface area contributed by atoms with E-state index in [1.54, 1.807) is 41.5 Å². The van der Waals surface area contributed by atoms with Crippen molar-refractivity contribution in [3.63, 3.8) is 0 Å². The number of carbonyl (C=O) groups is 1. The van der Waals surface area contributed by atoms with E-state index < -0.39 is 6.04 Å². The van der Waals surface area contributed by atoms with E-state index >= 15 is 0 Å². The van der Waals surface area contributed by atoms with Gasteiger partial charge in [0.15, 0.2) is 5.43 Å². The molecule has 6 heteroatoms. The number of furan rings is 1. The molecule has 1 aliphatic rings. The molecule has 0 bridgehead atoms. The van der Waals surface area contributed by atoms with Crippen molar-refractivity contribution in [2.45, 2.75) is 12.6 Å². The Balaban J connectivity index is 1.75. The molecule has 128 valence electrons. The molecule has 4 aromatic rings. The molecule has 0 N–H and O–H groups in total.